The van der Waals surface area contributed by atoms with Gasteiger partial charge < -0.3 is 10.1 Å². The molecule has 2 atom stereocenters. The Labute approximate surface area is 112 Å². The van der Waals surface area contributed by atoms with Gasteiger partial charge in [-0.1, -0.05) is 19.8 Å². The first-order valence-electron chi connectivity index (χ1n) is 6.26. The summed E-state index contributed by atoms with van der Waals surface area (Å²) in [4.78, 5) is 14.3. The maximum Gasteiger partial charge on any atom is 0.324 e. The molecule has 19 heavy (non-hydrogen) atoms. The highest BCUT2D eigenvalue weighted by atomic mass is 32.2. The Hall–Kier alpha value is -1.34. The van der Waals surface area contributed by atoms with Crippen molar-refractivity contribution in [2.45, 2.75) is 43.0 Å². The van der Waals surface area contributed by atoms with E-state index in [1.54, 1.807) is 0 Å². The van der Waals surface area contributed by atoms with E-state index < -0.39 is 21.5 Å². The molecule has 2 rings (SSSR count). The van der Waals surface area contributed by atoms with Crippen molar-refractivity contribution < 1.29 is 18.3 Å². The molecule has 0 spiro atoms. The van der Waals surface area contributed by atoms with Crippen LogP contribution in [0.4, 0.5) is 0 Å². The molecule has 7 heteroatoms. The first kappa shape index (κ1) is 14.1. The zero-order chi connectivity index (χ0) is 14.1. The second-order valence-corrected chi connectivity index (χ2v) is 6.92. The molecule has 1 aliphatic carbocycles. The number of hydrogen-bond donors (Lipinski definition) is 3. The number of sulfonamides is 1. The van der Waals surface area contributed by atoms with E-state index >= 15 is 0 Å². The Morgan fingerprint density at radius 3 is 2.84 bits per heavy atom. The number of hydrogen-bond acceptors (Lipinski definition) is 3. The highest BCUT2D eigenvalue weighted by molar-refractivity contribution is 7.89. The SMILES string of the molecule is CC1CCCC(NS(=O)(=O)c2cc[nH]c2)(C(=O)O)C1. The van der Waals surface area contributed by atoms with E-state index in [0.717, 1.165) is 6.42 Å². The van der Waals surface area contributed by atoms with E-state index in [1.165, 1.54) is 18.5 Å². The Morgan fingerprint density at radius 1 is 1.58 bits per heavy atom. The van der Waals surface area contributed by atoms with Gasteiger partial charge in [-0.2, -0.15) is 4.72 Å². The molecule has 6 nitrogen and oxygen atoms in total. The minimum absolute atomic E-state index is 0.0614. The standard InChI is InChI=1S/C12H18N2O4S/c1-9-3-2-5-12(7-9,11(15)16)14-19(17,18)10-4-6-13-8-10/h4,6,8-9,13-14H,2-3,5,7H2,1H3,(H,15,16). The van der Waals surface area contributed by atoms with Crippen molar-refractivity contribution >= 4 is 16.0 Å². The zero-order valence-electron chi connectivity index (χ0n) is 10.7. The Bertz CT molecular complexity index is 552. The number of aliphatic carboxylic acids is 1. The van der Waals surface area contributed by atoms with Crippen LogP contribution in [0.2, 0.25) is 0 Å². The molecule has 0 saturated heterocycles. The van der Waals surface area contributed by atoms with Crippen molar-refractivity contribution in [3.8, 4) is 0 Å². The minimum atomic E-state index is -3.81. The molecule has 3 N–H and O–H groups in total. The normalized spacial score (nSPS) is 28.2. The zero-order valence-corrected chi connectivity index (χ0v) is 11.5. The lowest BCUT2D eigenvalue weighted by atomic mass is 9.77. The molecule has 0 radical (unpaired) electrons. The van der Waals surface area contributed by atoms with Crippen LogP contribution in [-0.4, -0.2) is 30.0 Å². The van der Waals surface area contributed by atoms with Crippen LogP contribution in [0, 0.1) is 5.92 Å². The van der Waals surface area contributed by atoms with Gasteiger partial charge in [0.05, 0.1) is 4.90 Å². The lowest BCUT2D eigenvalue weighted by Gasteiger charge is -2.36. The van der Waals surface area contributed by atoms with E-state index in [-0.39, 0.29) is 10.8 Å². The molecule has 0 amide bonds. The van der Waals surface area contributed by atoms with E-state index in [9.17, 15) is 18.3 Å². The van der Waals surface area contributed by atoms with Crippen molar-refractivity contribution in [1.29, 1.82) is 0 Å². The first-order chi connectivity index (χ1) is 8.86. The molecule has 1 aliphatic rings. The molecule has 1 saturated carbocycles. The van der Waals surface area contributed by atoms with Gasteiger partial charge >= 0.3 is 5.97 Å². The number of H-pyrrole nitrogens is 1. The summed E-state index contributed by atoms with van der Waals surface area (Å²) in [5, 5.41) is 9.43. The summed E-state index contributed by atoms with van der Waals surface area (Å²) in [6.45, 7) is 1.95. The number of aromatic amines is 1. The van der Waals surface area contributed by atoms with Gasteiger partial charge in [0.15, 0.2) is 0 Å². The van der Waals surface area contributed by atoms with Crippen molar-refractivity contribution in [3.05, 3.63) is 18.5 Å². The third-order valence-corrected chi connectivity index (χ3v) is 5.15. The van der Waals surface area contributed by atoms with Gasteiger partial charge in [0, 0.05) is 12.4 Å². The van der Waals surface area contributed by atoms with Gasteiger partial charge in [-0.05, 0) is 24.8 Å². The summed E-state index contributed by atoms with van der Waals surface area (Å²) in [6, 6.07) is 1.41. The summed E-state index contributed by atoms with van der Waals surface area (Å²) in [5.41, 5.74) is -1.38. The topological polar surface area (TPSA) is 99.3 Å². The molecule has 1 fully saturated rings. The van der Waals surface area contributed by atoms with E-state index in [4.69, 9.17) is 0 Å². The number of aromatic nitrogens is 1. The largest absolute Gasteiger partial charge is 0.480 e. The second kappa shape index (κ2) is 4.97. The van der Waals surface area contributed by atoms with Gasteiger partial charge in [-0.25, -0.2) is 8.42 Å². The monoisotopic (exact) mass is 286 g/mol. The van der Waals surface area contributed by atoms with Crippen LogP contribution in [0.15, 0.2) is 23.4 Å². The highest BCUT2D eigenvalue weighted by Gasteiger charge is 2.45. The number of nitrogens with one attached hydrogen (secondary N) is 2. The summed E-state index contributed by atoms with van der Waals surface area (Å²) in [5.74, 6) is -0.906. The van der Waals surface area contributed by atoms with Crippen molar-refractivity contribution in [2.75, 3.05) is 0 Å². The van der Waals surface area contributed by atoms with E-state index in [0.29, 0.717) is 19.3 Å². The predicted octanol–water partition coefficient (Wildman–Crippen LogP) is 1.33. The second-order valence-electron chi connectivity index (χ2n) is 5.24. The fraction of sp³-hybridized carbons (Fsp3) is 0.583. The maximum atomic E-state index is 12.2. The Morgan fingerprint density at radius 2 is 2.32 bits per heavy atom. The van der Waals surface area contributed by atoms with Gasteiger partial charge in [0.2, 0.25) is 10.0 Å². The Kier molecular flexibility index (Phi) is 3.69. The third kappa shape index (κ3) is 2.82. The van der Waals surface area contributed by atoms with Crippen LogP contribution in [0.25, 0.3) is 0 Å². The number of rotatable bonds is 4. The first-order valence-corrected chi connectivity index (χ1v) is 7.74. The summed E-state index contributed by atoms with van der Waals surface area (Å²) >= 11 is 0. The fourth-order valence-corrected chi connectivity index (χ4v) is 4.05. The van der Waals surface area contributed by atoms with E-state index in [1.807, 2.05) is 6.92 Å². The van der Waals surface area contributed by atoms with Gasteiger partial charge in [-0.15, -0.1) is 0 Å². The fourth-order valence-electron chi connectivity index (χ4n) is 2.67. The Balaban J connectivity index is 2.29. The summed E-state index contributed by atoms with van der Waals surface area (Å²) in [7, 11) is -3.81. The molecule has 0 bridgehead atoms. The molecular formula is C12H18N2O4S. The lowest BCUT2D eigenvalue weighted by molar-refractivity contribution is -0.146. The van der Waals surface area contributed by atoms with Gasteiger partial charge in [0.25, 0.3) is 0 Å². The number of carboxylic acids is 1. The molecule has 1 aromatic heterocycles. The van der Waals surface area contributed by atoms with E-state index in [2.05, 4.69) is 9.71 Å². The van der Waals surface area contributed by atoms with Crippen molar-refractivity contribution in [1.82, 2.24) is 9.71 Å². The predicted molar refractivity (Wildman–Crippen MR) is 69.1 cm³/mol. The van der Waals surface area contributed by atoms with Gasteiger partial charge in [0.1, 0.15) is 5.54 Å². The van der Waals surface area contributed by atoms with Crippen LogP contribution in [0.1, 0.15) is 32.6 Å². The molecule has 2 unspecified atom stereocenters. The van der Waals surface area contributed by atoms with Crippen LogP contribution in [0.3, 0.4) is 0 Å². The molecule has 1 heterocycles. The minimum Gasteiger partial charge on any atom is -0.480 e. The maximum absolute atomic E-state index is 12.2. The van der Waals surface area contributed by atoms with Crippen LogP contribution < -0.4 is 4.72 Å². The molecule has 1 aromatic rings. The molecule has 106 valence electrons. The van der Waals surface area contributed by atoms with Crippen molar-refractivity contribution in [2.24, 2.45) is 5.92 Å². The van der Waals surface area contributed by atoms with Crippen LogP contribution in [0.5, 0.6) is 0 Å². The van der Waals surface area contributed by atoms with Crippen LogP contribution >= 0.6 is 0 Å². The molecular weight excluding hydrogens is 268 g/mol. The average Bonchev–Trinajstić information content (AvgIpc) is 2.82. The summed E-state index contributed by atoms with van der Waals surface area (Å²) in [6.07, 6.45) is 5.13. The third-order valence-electron chi connectivity index (χ3n) is 3.62. The van der Waals surface area contributed by atoms with Crippen molar-refractivity contribution in [3.63, 3.8) is 0 Å². The molecule has 0 aromatic carbocycles. The number of carbonyl (C=O) groups is 1. The molecule has 0 aliphatic heterocycles. The quantitative estimate of drug-likeness (QED) is 0.777. The smallest absolute Gasteiger partial charge is 0.324 e. The average molecular weight is 286 g/mol. The van der Waals surface area contributed by atoms with Gasteiger partial charge in [-0.3, -0.25) is 4.79 Å². The number of carboxylic acid groups (broad SMARTS) is 1. The summed E-state index contributed by atoms with van der Waals surface area (Å²) < 4.78 is 26.8. The highest BCUT2D eigenvalue weighted by Crippen LogP contribution is 2.33. The lowest BCUT2D eigenvalue weighted by Crippen LogP contribution is -2.56. The van der Waals surface area contributed by atoms with Crippen LogP contribution in [-0.2, 0) is 14.8 Å².